The number of aromatic nitrogens is 1. The number of carbonyl (C=O) groups is 1. The highest BCUT2D eigenvalue weighted by atomic mass is 32.1. The number of anilines is 1. The first kappa shape index (κ1) is 13.0. The molecule has 0 spiro atoms. The monoisotopic (exact) mass is 263 g/mol. The van der Waals surface area contributed by atoms with Crippen LogP contribution in [0.4, 0.5) is 5.69 Å². The van der Waals surface area contributed by atoms with Gasteiger partial charge in [-0.25, -0.2) is 4.98 Å². The molecule has 0 fully saturated rings. The molecule has 2 rings (SSSR count). The molecule has 0 aliphatic rings. The van der Waals surface area contributed by atoms with Crippen LogP contribution < -0.4 is 11.1 Å². The third-order valence-electron chi connectivity index (χ3n) is 3.37. The maximum absolute atomic E-state index is 12.2. The topological polar surface area (TPSA) is 68.0 Å². The molecule has 5 heteroatoms. The first-order valence-electron chi connectivity index (χ1n) is 5.94. The first-order chi connectivity index (χ1) is 8.59. The van der Waals surface area contributed by atoms with Gasteiger partial charge in [-0.2, -0.15) is 0 Å². The van der Waals surface area contributed by atoms with Crippen molar-refractivity contribution in [2.75, 3.05) is 11.9 Å². The van der Waals surface area contributed by atoms with Crippen LogP contribution in [0.25, 0.3) is 10.2 Å². The number of benzene rings is 1. The highest BCUT2D eigenvalue weighted by Crippen LogP contribution is 2.25. The fourth-order valence-corrected chi connectivity index (χ4v) is 2.33. The third kappa shape index (κ3) is 2.37. The van der Waals surface area contributed by atoms with E-state index in [-0.39, 0.29) is 5.91 Å². The molecule has 0 bridgehead atoms. The minimum Gasteiger partial charge on any atom is -0.329 e. The molecule has 1 atom stereocenters. The molecule has 1 aromatic carbocycles. The van der Waals surface area contributed by atoms with Crippen molar-refractivity contribution in [3.63, 3.8) is 0 Å². The summed E-state index contributed by atoms with van der Waals surface area (Å²) in [6, 6.07) is 5.72. The Balaban J connectivity index is 2.20. The third-order valence-corrected chi connectivity index (χ3v) is 4.16. The zero-order valence-electron chi connectivity index (χ0n) is 10.6. The summed E-state index contributed by atoms with van der Waals surface area (Å²) >= 11 is 1.56. The van der Waals surface area contributed by atoms with Gasteiger partial charge < -0.3 is 11.1 Å². The van der Waals surface area contributed by atoms with Crippen molar-refractivity contribution >= 4 is 33.1 Å². The number of rotatable bonds is 4. The second kappa shape index (κ2) is 5.04. The number of nitrogens with two attached hydrogens (primary N) is 1. The molecule has 4 nitrogen and oxygen atoms in total. The van der Waals surface area contributed by atoms with Gasteiger partial charge in [-0.15, -0.1) is 11.3 Å². The molecule has 1 amide bonds. The van der Waals surface area contributed by atoms with E-state index in [1.165, 1.54) is 0 Å². The molecule has 1 unspecified atom stereocenters. The van der Waals surface area contributed by atoms with Gasteiger partial charge in [0.05, 0.1) is 21.1 Å². The summed E-state index contributed by atoms with van der Waals surface area (Å²) in [5, 5.41) is 2.93. The van der Waals surface area contributed by atoms with Crippen molar-refractivity contribution in [1.82, 2.24) is 4.98 Å². The van der Waals surface area contributed by atoms with E-state index in [0.717, 1.165) is 22.3 Å². The molecule has 18 heavy (non-hydrogen) atoms. The van der Waals surface area contributed by atoms with Gasteiger partial charge in [-0.1, -0.05) is 6.92 Å². The van der Waals surface area contributed by atoms with Crippen molar-refractivity contribution < 1.29 is 4.79 Å². The Morgan fingerprint density at radius 2 is 2.33 bits per heavy atom. The number of nitrogens with zero attached hydrogens (tertiary/aromatic N) is 1. The Hall–Kier alpha value is -1.46. The van der Waals surface area contributed by atoms with Crippen LogP contribution in [0.5, 0.6) is 0 Å². The van der Waals surface area contributed by atoms with Crippen LogP contribution in [0.1, 0.15) is 20.3 Å². The Morgan fingerprint density at radius 3 is 3.00 bits per heavy atom. The molecule has 0 radical (unpaired) electrons. The van der Waals surface area contributed by atoms with Gasteiger partial charge in [0.15, 0.2) is 0 Å². The molecule has 0 aliphatic carbocycles. The molecule has 96 valence electrons. The standard InChI is InChI=1S/C13H17N3OS/c1-3-13(2,7-14)12(17)16-9-4-5-10-11(6-9)18-8-15-10/h4-6,8H,3,7,14H2,1-2H3,(H,16,17). The predicted molar refractivity (Wildman–Crippen MR) is 75.7 cm³/mol. The molecule has 3 N–H and O–H groups in total. The van der Waals surface area contributed by atoms with Crippen LogP contribution in [-0.2, 0) is 4.79 Å². The van der Waals surface area contributed by atoms with Crippen LogP contribution in [-0.4, -0.2) is 17.4 Å². The van der Waals surface area contributed by atoms with Crippen molar-refractivity contribution in [1.29, 1.82) is 0 Å². The summed E-state index contributed by atoms with van der Waals surface area (Å²) in [7, 11) is 0. The number of hydrogen-bond acceptors (Lipinski definition) is 4. The molecule has 0 saturated carbocycles. The van der Waals surface area contributed by atoms with Gasteiger partial charge in [-0.05, 0) is 31.5 Å². The average Bonchev–Trinajstić information content (AvgIpc) is 2.85. The van der Waals surface area contributed by atoms with E-state index in [1.807, 2.05) is 32.0 Å². The Bertz CT molecular complexity index is 560. The van der Waals surface area contributed by atoms with E-state index < -0.39 is 5.41 Å². The summed E-state index contributed by atoms with van der Waals surface area (Å²) < 4.78 is 1.07. The minimum atomic E-state index is -0.511. The lowest BCUT2D eigenvalue weighted by molar-refractivity contribution is -0.124. The average molecular weight is 263 g/mol. The smallest absolute Gasteiger partial charge is 0.231 e. The number of amides is 1. The Morgan fingerprint density at radius 1 is 1.56 bits per heavy atom. The van der Waals surface area contributed by atoms with Crippen LogP contribution >= 0.6 is 11.3 Å². The van der Waals surface area contributed by atoms with Gasteiger partial charge in [0.2, 0.25) is 5.91 Å². The zero-order chi connectivity index (χ0) is 13.2. The van der Waals surface area contributed by atoms with Crippen molar-refractivity contribution in [2.45, 2.75) is 20.3 Å². The normalized spacial score (nSPS) is 14.4. The van der Waals surface area contributed by atoms with Gasteiger partial charge >= 0.3 is 0 Å². The van der Waals surface area contributed by atoms with Crippen molar-refractivity contribution in [3.05, 3.63) is 23.7 Å². The van der Waals surface area contributed by atoms with Crippen molar-refractivity contribution in [3.8, 4) is 0 Å². The molecule has 0 saturated heterocycles. The summed E-state index contributed by atoms with van der Waals surface area (Å²) in [6.45, 7) is 4.20. The lowest BCUT2D eigenvalue weighted by atomic mass is 9.86. The van der Waals surface area contributed by atoms with E-state index >= 15 is 0 Å². The summed E-state index contributed by atoms with van der Waals surface area (Å²) in [6.07, 6.45) is 0.720. The summed E-state index contributed by atoms with van der Waals surface area (Å²) in [5.74, 6) is -0.0311. The zero-order valence-corrected chi connectivity index (χ0v) is 11.4. The summed E-state index contributed by atoms with van der Waals surface area (Å²) in [4.78, 5) is 16.4. The van der Waals surface area contributed by atoms with Gasteiger partial charge in [0.1, 0.15) is 0 Å². The Kier molecular flexibility index (Phi) is 3.63. The molecular formula is C13H17N3OS. The molecule has 1 aromatic heterocycles. The lowest BCUT2D eigenvalue weighted by Crippen LogP contribution is -2.39. The number of thiazole rings is 1. The quantitative estimate of drug-likeness (QED) is 0.891. The number of fused-ring (bicyclic) bond motifs is 1. The van der Waals surface area contributed by atoms with Crippen LogP contribution in [0.15, 0.2) is 23.7 Å². The SMILES string of the molecule is CCC(C)(CN)C(=O)Nc1ccc2ncsc2c1. The van der Waals surface area contributed by atoms with E-state index in [4.69, 9.17) is 5.73 Å². The second-order valence-electron chi connectivity index (χ2n) is 4.61. The van der Waals surface area contributed by atoms with E-state index in [1.54, 1.807) is 16.8 Å². The number of hydrogen-bond donors (Lipinski definition) is 2. The lowest BCUT2D eigenvalue weighted by Gasteiger charge is -2.24. The van der Waals surface area contributed by atoms with Crippen LogP contribution in [0, 0.1) is 5.41 Å². The molecule has 1 heterocycles. The predicted octanol–water partition coefficient (Wildman–Crippen LogP) is 2.61. The minimum absolute atomic E-state index is 0.0311. The highest BCUT2D eigenvalue weighted by Gasteiger charge is 2.29. The molecule has 2 aromatic rings. The second-order valence-corrected chi connectivity index (χ2v) is 5.49. The molecular weight excluding hydrogens is 246 g/mol. The van der Waals surface area contributed by atoms with E-state index in [0.29, 0.717) is 6.54 Å². The fraction of sp³-hybridized carbons (Fsp3) is 0.385. The van der Waals surface area contributed by atoms with Gasteiger partial charge in [0.25, 0.3) is 0 Å². The first-order valence-corrected chi connectivity index (χ1v) is 6.82. The van der Waals surface area contributed by atoms with Crippen molar-refractivity contribution in [2.24, 2.45) is 11.1 Å². The van der Waals surface area contributed by atoms with Crippen LogP contribution in [0.3, 0.4) is 0 Å². The largest absolute Gasteiger partial charge is 0.329 e. The fourth-order valence-electron chi connectivity index (χ4n) is 1.61. The highest BCUT2D eigenvalue weighted by molar-refractivity contribution is 7.16. The maximum Gasteiger partial charge on any atom is 0.231 e. The van der Waals surface area contributed by atoms with Crippen LogP contribution in [0.2, 0.25) is 0 Å². The molecule has 0 aliphatic heterocycles. The number of nitrogens with one attached hydrogen (secondary N) is 1. The van der Waals surface area contributed by atoms with E-state index in [2.05, 4.69) is 10.3 Å². The summed E-state index contributed by atoms with van der Waals surface area (Å²) in [5.41, 5.74) is 8.71. The Labute approximate surface area is 110 Å². The van der Waals surface area contributed by atoms with Gasteiger partial charge in [-0.3, -0.25) is 4.79 Å². The number of carbonyl (C=O) groups excluding carboxylic acids is 1. The maximum atomic E-state index is 12.2. The van der Waals surface area contributed by atoms with Gasteiger partial charge in [0, 0.05) is 12.2 Å². The van der Waals surface area contributed by atoms with E-state index in [9.17, 15) is 4.79 Å².